The highest BCUT2D eigenvalue weighted by Gasteiger charge is 2.34. The Hall–Kier alpha value is -3.49. The molecule has 0 saturated carbocycles. The zero-order valence-corrected chi connectivity index (χ0v) is 22.3. The Kier molecular flexibility index (Phi) is 7.80. The number of aliphatic imine (C=N–C) groups is 1. The van der Waals surface area contributed by atoms with Crippen molar-refractivity contribution in [2.45, 2.75) is 50.5 Å². The maximum Gasteiger partial charge on any atom is 0.264 e. The second-order valence-corrected chi connectivity index (χ2v) is 11.3. The summed E-state index contributed by atoms with van der Waals surface area (Å²) in [5, 5.41) is 11.1. The van der Waals surface area contributed by atoms with E-state index in [2.05, 4.69) is 15.8 Å². The van der Waals surface area contributed by atoms with E-state index in [9.17, 15) is 18.3 Å². The molecule has 1 aliphatic heterocycles. The van der Waals surface area contributed by atoms with Crippen LogP contribution in [0.1, 0.15) is 46.8 Å². The molecular weight excluding hydrogens is 486 g/mol. The number of piperidine rings is 1. The van der Waals surface area contributed by atoms with E-state index in [1.165, 1.54) is 6.07 Å². The molecule has 4 rings (SSSR count). The molecule has 0 aromatic heterocycles. The van der Waals surface area contributed by atoms with Gasteiger partial charge in [0.15, 0.2) is 0 Å². The maximum absolute atomic E-state index is 13.1. The van der Waals surface area contributed by atoms with E-state index in [1.54, 1.807) is 48.4 Å². The third kappa shape index (κ3) is 6.26. The summed E-state index contributed by atoms with van der Waals surface area (Å²) in [5.41, 5.74) is 3.41. The lowest BCUT2D eigenvalue weighted by Gasteiger charge is -2.38. The number of likely N-dealkylation sites (tertiary alicyclic amines) is 1. The Morgan fingerprint density at radius 3 is 2.38 bits per heavy atom. The number of nitrogens with zero attached hydrogens (tertiary/aromatic N) is 2. The van der Waals surface area contributed by atoms with E-state index in [0.717, 1.165) is 16.7 Å². The molecule has 3 aromatic rings. The lowest BCUT2D eigenvalue weighted by atomic mass is 9.85. The fraction of sp³-hybridized carbons (Fsp3) is 0.310. The SMILES string of the molecule is C/C=N\c1c(C)cccc1S(=O)(=O)Nc1ccc(C(=O)N2CCC(O)(Cc3cccc(C)c3)CC2)cc1. The molecule has 0 aliphatic carbocycles. The first-order valence-corrected chi connectivity index (χ1v) is 13.9. The Morgan fingerprint density at radius 2 is 1.73 bits per heavy atom. The molecule has 8 heteroatoms. The molecule has 0 unspecified atom stereocenters. The Labute approximate surface area is 218 Å². The third-order valence-corrected chi connectivity index (χ3v) is 8.14. The molecule has 37 heavy (non-hydrogen) atoms. The van der Waals surface area contributed by atoms with Crippen molar-refractivity contribution in [1.82, 2.24) is 4.90 Å². The van der Waals surface area contributed by atoms with Gasteiger partial charge in [0, 0.05) is 37.0 Å². The van der Waals surface area contributed by atoms with Crippen LogP contribution in [0.25, 0.3) is 0 Å². The van der Waals surface area contributed by atoms with Gasteiger partial charge in [-0.2, -0.15) is 0 Å². The number of anilines is 1. The fourth-order valence-electron chi connectivity index (χ4n) is 4.72. The number of sulfonamides is 1. The normalized spacial score (nSPS) is 15.6. The van der Waals surface area contributed by atoms with Gasteiger partial charge in [0.1, 0.15) is 4.90 Å². The second kappa shape index (κ2) is 10.9. The number of hydrogen-bond acceptors (Lipinski definition) is 5. The zero-order chi connectivity index (χ0) is 26.6. The van der Waals surface area contributed by atoms with E-state index < -0.39 is 15.6 Å². The van der Waals surface area contributed by atoms with Crippen LogP contribution in [-0.4, -0.2) is 49.2 Å². The first-order valence-electron chi connectivity index (χ1n) is 12.4. The van der Waals surface area contributed by atoms with Crippen LogP contribution < -0.4 is 4.72 Å². The minimum Gasteiger partial charge on any atom is -0.389 e. The molecule has 2 N–H and O–H groups in total. The van der Waals surface area contributed by atoms with Crippen LogP contribution in [0.4, 0.5) is 11.4 Å². The second-order valence-electron chi connectivity index (χ2n) is 9.67. The minimum absolute atomic E-state index is 0.0946. The van der Waals surface area contributed by atoms with Crippen LogP contribution in [0.5, 0.6) is 0 Å². The summed E-state index contributed by atoms with van der Waals surface area (Å²) < 4.78 is 28.7. The van der Waals surface area contributed by atoms with E-state index in [4.69, 9.17) is 0 Å². The zero-order valence-electron chi connectivity index (χ0n) is 21.4. The molecule has 1 aliphatic rings. The lowest BCUT2D eigenvalue weighted by Crippen LogP contribution is -2.47. The standard InChI is InChI=1S/C29H33N3O4S/c1-4-30-27-22(3)8-6-10-26(27)37(35,36)31-25-13-11-24(12-14-25)28(33)32-17-15-29(34,16-18-32)20-23-9-5-7-21(2)19-23/h4-14,19,31,34H,15-18,20H2,1-3H3/b30-4-. The molecular formula is C29H33N3O4S. The Balaban J connectivity index is 1.40. The van der Waals surface area contributed by atoms with Crippen LogP contribution >= 0.6 is 0 Å². The molecule has 0 spiro atoms. The van der Waals surface area contributed by atoms with Crippen molar-refractivity contribution in [2.24, 2.45) is 4.99 Å². The predicted octanol–water partition coefficient (Wildman–Crippen LogP) is 5.04. The molecule has 1 saturated heterocycles. The van der Waals surface area contributed by atoms with Crippen LogP contribution in [0, 0.1) is 13.8 Å². The number of carbonyl (C=O) groups is 1. The number of benzene rings is 3. The van der Waals surface area contributed by atoms with Crippen molar-refractivity contribution < 1.29 is 18.3 Å². The molecule has 0 atom stereocenters. The highest BCUT2D eigenvalue weighted by Crippen LogP contribution is 2.30. The van der Waals surface area contributed by atoms with Gasteiger partial charge in [-0.3, -0.25) is 14.5 Å². The summed E-state index contributed by atoms with van der Waals surface area (Å²) >= 11 is 0. The first kappa shape index (κ1) is 26.6. The first-order chi connectivity index (χ1) is 17.6. The summed E-state index contributed by atoms with van der Waals surface area (Å²) in [6.07, 6.45) is 3.14. The Morgan fingerprint density at radius 1 is 1.05 bits per heavy atom. The molecule has 1 heterocycles. The summed E-state index contributed by atoms with van der Waals surface area (Å²) in [4.78, 5) is 19.1. The van der Waals surface area contributed by atoms with E-state index >= 15 is 0 Å². The number of aryl methyl sites for hydroxylation is 2. The number of amides is 1. The van der Waals surface area contributed by atoms with Gasteiger partial charge in [-0.05, 0) is 75.1 Å². The number of para-hydroxylation sites is 1. The fourth-order valence-corrected chi connectivity index (χ4v) is 6.00. The summed E-state index contributed by atoms with van der Waals surface area (Å²) in [7, 11) is -3.87. The van der Waals surface area contributed by atoms with Crippen LogP contribution in [-0.2, 0) is 16.4 Å². The van der Waals surface area contributed by atoms with Crippen molar-refractivity contribution >= 4 is 33.5 Å². The molecule has 7 nitrogen and oxygen atoms in total. The van der Waals surface area contributed by atoms with Crippen LogP contribution in [0.3, 0.4) is 0 Å². The van der Waals surface area contributed by atoms with Gasteiger partial charge >= 0.3 is 0 Å². The van der Waals surface area contributed by atoms with Crippen molar-refractivity contribution in [3.05, 3.63) is 89.0 Å². The largest absolute Gasteiger partial charge is 0.389 e. The van der Waals surface area contributed by atoms with E-state index in [0.29, 0.717) is 49.3 Å². The van der Waals surface area contributed by atoms with Gasteiger partial charge in [-0.25, -0.2) is 8.42 Å². The maximum atomic E-state index is 13.1. The van der Waals surface area contributed by atoms with Crippen LogP contribution in [0.15, 0.2) is 76.6 Å². The van der Waals surface area contributed by atoms with Crippen molar-refractivity contribution in [3.8, 4) is 0 Å². The quantitative estimate of drug-likeness (QED) is 0.428. The average Bonchev–Trinajstić information content (AvgIpc) is 2.85. The van der Waals surface area contributed by atoms with E-state index in [-0.39, 0.29) is 10.8 Å². The summed E-state index contributed by atoms with van der Waals surface area (Å²) in [6.45, 7) is 6.50. The van der Waals surface area contributed by atoms with Gasteiger partial charge in [-0.15, -0.1) is 0 Å². The lowest BCUT2D eigenvalue weighted by molar-refractivity contribution is -0.0162. The summed E-state index contributed by atoms with van der Waals surface area (Å²) in [5.74, 6) is -0.134. The molecule has 1 fully saturated rings. The van der Waals surface area contributed by atoms with Gasteiger partial charge in [-0.1, -0.05) is 42.0 Å². The Bertz CT molecular complexity index is 1410. The van der Waals surface area contributed by atoms with Crippen molar-refractivity contribution in [3.63, 3.8) is 0 Å². The van der Waals surface area contributed by atoms with Gasteiger partial charge in [0.2, 0.25) is 0 Å². The third-order valence-electron chi connectivity index (χ3n) is 6.73. The monoisotopic (exact) mass is 519 g/mol. The predicted molar refractivity (Wildman–Crippen MR) is 147 cm³/mol. The topological polar surface area (TPSA) is 99.1 Å². The number of nitrogens with one attached hydrogen (secondary N) is 1. The van der Waals surface area contributed by atoms with Crippen LogP contribution in [0.2, 0.25) is 0 Å². The molecule has 1 amide bonds. The highest BCUT2D eigenvalue weighted by atomic mass is 32.2. The van der Waals surface area contributed by atoms with Gasteiger partial charge in [0.05, 0.1) is 11.3 Å². The van der Waals surface area contributed by atoms with Crippen molar-refractivity contribution in [2.75, 3.05) is 17.8 Å². The molecule has 194 valence electrons. The van der Waals surface area contributed by atoms with Crippen molar-refractivity contribution in [1.29, 1.82) is 0 Å². The number of carbonyl (C=O) groups excluding carboxylic acids is 1. The summed E-state index contributed by atoms with van der Waals surface area (Å²) in [6, 6.07) is 19.6. The number of aliphatic hydroxyl groups is 1. The van der Waals surface area contributed by atoms with Gasteiger partial charge < -0.3 is 10.0 Å². The highest BCUT2D eigenvalue weighted by molar-refractivity contribution is 7.92. The molecule has 0 bridgehead atoms. The smallest absolute Gasteiger partial charge is 0.264 e. The molecule has 0 radical (unpaired) electrons. The number of hydrogen-bond donors (Lipinski definition) is 2. The average molecular weight is 520 g/mol. The number of rotatable bonds is 7. The molecule has 3 aromatic carbocycles. The minimum atomic E-state index is -3.87. The van der Waals surface area contributed by atoms with E-state index in [1.807, 2.05) is 38.1 Å². The van der Waals surface area contributed by atoms with Gasteiger partial charge in [0.25, 0.3) is 15.9 Å².